The van der Waals surface area contributed by atoms with E-state index in [-0.39, 0.29) is 18.0 Å². The Morgan fingerprint density at radius 3 is 2.19 bits per heavy atom. The van der Waals surface area contributed by atoms with E-state index in [4.69, 9.17) is 0 Å². The molecular formula is C21H22N4O7. The quantitative estimate of drug-likeness (QED) is 0.415. The summed E-state index contributed by atoms with van der Waals surface area (Å²) in [4.78, 5) is 46.3. The van der Waals surface area contributed by atoms with Crippen LogP contribution in [0.5, 0.6) is 0 Å². The zero-order valence-electron chi connectivity index (χ0n) is 17.0. The standard InChI is InChI=1S/C21H22N4O7/c26-18-7-6-15(11-18)22-21(28)19(8-13-4-2-1-3-5-13)23-20(27)14-9-16(24(29)30)12-17(10-14)25(31)32/h1-5,9-10,12,15,18-19,26H,6-8,11H2,(H,22,28)(H,23,27)/t15-,18+,19-/m1/s1. The molecule has 3 rings (SSSR count). The maximum Gasteiger partial charge on any atom is 0.277 e. The smallest absolute Gasteiger partial charge is 0.277 e. The first-order valence-electron chi connectivity index (χ1n) is 10.00. The van der Waals surface area contributed by atoms with E-state index in [1.165, 1.54) is 0 Å². The summed E-state index contributed by atoms with van der Waals surface area (Å²) in [5.41, 5.74) is -0.737. The average molecular weight is 442 g/mol. The highest BCUT2D eigenvalue weighted by Crippen LogP contribution is 2.23. The van der Waals surface area contributed by atoms with Crippen LogP contribution in [0.15, 0.2) is 48.5 Å². The van der Waals surface area contributed by atoms with Crippen LogP contribution in [-0.4, -0.2) is 45.0 Å². The van der Waals surface area contributed by atoms with Crippen LogP contribution in [0.3, 0.4) is 0 Å². The molecule has 0 bridgehead atoms. The summed E-state index contributed by atoms with van der Waals surface area (Å²) in [5, 5.41) is 37.3. The molecule has 0 spiro atoms. The third kappa shape index (κ3) is 5.85. The van der Waals surface area contributed by atoms with Gasteiger partial charge in [0.2, 0.25) is 5.91 Å². The molecule has 1 saturated carbocycles. The second-order valence-electron chi connectivity index (χ2n) is 7.64. The number of aliphatic hydroxyl groups excluding tert-OH is 1. The van der Waals surface area contributed by atoms with Crippen molar-refractivity contribution >= 4 is 23.2 Å². The zero-order valence-corrected chi connectivity index (χ0v) is 17.0. The lowest BCUT2D eigenvalue weighted by molar-refractivity contribution is -0.394. The summed E-state index contributed by atoms with van der Waals surface area (Å²) >= 11 is 0. The van der Waals surface area contributed by atoms with Gasteiger partial charge >= 0.3 is 0 Å². The van der Waals surface area contributed by atoms with E-state index in [1.54, 1.807) is 30.3 Å². The predicted octanol–water partition coefficient (Wildman–Crippen LogP) is 1.87. The molecule has 0 unspecified atom stereocenters. The molecule has 32 heavy (non-hydrogen) atoms. The van der Waals surface area contributed by atoms with Crippen molar-refractivity contribution in [1.82, 2.24) is 10.6 Å². The fraction of sp³-hybridized carbons (Fsp3) is 0.333. The number of rotatable bonds is 8. The van der Waals surface area contributed by atoms with E-state index in [0.717, 1.165) is 23.8 Å². The van der Waals surface area contributed by atoms with Crippen LogP contribution in [0.1, 0.15) is 35.2 Å². The van der Waals surface area contributed by atoms with Crippen LogP contribution in [-0.2, 0) is 11.2 Å². The molecule has 11 heteroatoms. The van der Waals surface area contributed by atoms with Crippen molar-refractivity contribution in [2.24, 2.45) is 0 Å². The fourth-order valence-corrected chi connectivity index (χ4v) is 3.63. The molecule has 0 heterocycles. The molecule has 3 atom stereocenters. The van der Waals surface area contributed by atoms with Gasteiger partial charge in [-0.25, -0.2) is 0 Å². The van der Waals surface area contributed by atoms with Crippen LogP contribution >= 0.6 is 0 Å². The molecule has 1 aliphatic carbocycles. The minimum absolute atomic E-state index is 0.144. The Balaban J connectivity index is 1.83. The molecular weight excluding hydrogens is 420 g/mol. The number of carbonyl (C=O) groups is 2. The van der Waals surface area contributed by atoms with Crippen LogP contribution in [0, 0.1) is 20.2 Å². The highest BCUT2D eigenvalue weighted by Gasteiger charge is 2.29. The van der Waals surface area contributed by atoms with E-state index < -0.39 is 45.2 Å². The zero-order chi connectivity index (χ0) is 23.3. The maximum atomic E-state index is 12.9. The number of nitro groups is 2. The molecule has 3 N–H and O–H groups in total. The van der Waals surface area contributed by atoms with Crippen molar-refractivity contribution in [2.75, 3.05) is 0 Å². The SMILES string of the molecule is O=C(N[C@H](Cc1ccccc1)C(=O)N[C@@H]1CC[C@H](O)C1)c1cc([N+](=O)[O-])cc([N+](=O)[O-])c1. The summed E-state index contributed by atoms with van der Waals surface area (Å²) < 4.78 is 0. The van der Waals surface area contributed by atoms with Gasteiger partial charge in [-0.1, -0.05) is 30.3 Å². The summed E-state index contributed by atoms with van der Waals surface area (Å²) in [6.45, 7) is 0. The maximum absolute atomic E-state index is 12.9. The fourth-order valence-electron chi connectivity index (χ4n) is 3.63. The highest BCUT2D eigenvalue weighted by molar-refractivity contribution is 5.98. The summed E-state index contributed by atoms with van der Waals surface area (Å²) in [6, 6.07) is 10.3. The molecule has 2 aromatic carbocycles. The number of benzene rings is 2. The molecule has 0 aromatic heterocycles. The van der Waals surface area contributed by atoms with Crippen molar-refractivity contribution in [2.45, 2.75) is 43.9 Å². The molecule has 2 amide bonds. The normalized spacial score (nSPS) is 18.5. The summed E-state index contributed by atoms with van der Waals surface area (Å²) in [6.07, 6.45) is 1.24. The second-order valence-corrected chi connectivity index (χ2v) is 7.64. The number of hydrogen-bond acceptors (Lipinski definition) is 7. The van der Waals surface area contributed by atoms with Crippen molar-refractivity contribution < 1.29 is 24.5 Å². The van der Waals surface area contributed by atoms with Gasteiger partial charge in [-0.2, -0.15) is 0 Å². The van der Waals surface area contributed by atoms with E-state index >= 15 is 0 Å². The molecule has 168 valence electrons. The van der Waals surface area contributed by atoms with E-state index in [0.29, 0.717) is 19.3 Å². The van der Waals surface area contributed by atoms with Crippen LogP contribution in [0.25, 0.3) is 0 Å². The van der Waals surface area contributed by atoms with Crippen molar-refractivity contribution in [3.05, 3.63) is 79.9 Å². The Kier molecular flexibility index (Phi) is 7.11. The third-order valence-electron chi connectivity index (χ3n) is 5.24. The Labute approximate surface area is 182 Å². The van der Waals surface area contributed by atoms with Gasteiger partial charge in [0.15, 0.2) is 0 Å². The van der Waals surface area contributed by atoms with Crippen LogP contribution in [0.2, 0.25) is 0 Å². The topological polar surface area (TPSA) is 165 Å². The number of nitrogens with zero attached hydrogens (tertiary/aromatic N) is 2. The first-order chi connectivity index (χ1) is 15.2. The average Bonchev–Trinajstić information content (AvgIpc) is 3.17. The van der Waals surface area contributed by atoms with Gasteiger partial charge in [-0.15, -0.1) is 0 Å². The first kappa shape index (κ1) is 22.8. The Bertz CT molecular complexity index is 996. The van der Waals surface area contributed by atoms with Gasteiger partial charge in [0.25, 0.3) is 17.3 Å². The van der Waals surface area contributed by atoms with E-state index in [2.05, 4.69) is 10.6 Å². The van der Waals surface area contributed by atoms with E-state index in [9.17, 15) is 34.9 Å². The monoisotopic (exact) mass is 442 g/mol. The lowest BCUT2D eigenvalue weighted by Crippen LogP contribution is -2.50. The van der Waals surface area contributed by atoms with Crippen LogP contribution < -0.4 is 10.6 Å². The number of hydrogen-bond donors (Lipinski definition) is 3. The highest BCUT2D eigenvalue weighted by atomic mass is 16.6. The number of nitro benzene ring substituents is 2. The molecule has 0 saturated heterocycles. The summed E-state index contributed by atoms with van der Waals surface area (Å²) in [5.74, 6) is -1.32. The number of non-ortho nitro benzene ring substituents is 2. The Hall–Kier alpha value is -3.86. The molecule has 0 aliphatic heterocycles. The molecule has 1 aliphatic rings. The number of carbonyl (C=O) groups excluding carboxylic acids is 2. The van der Waals surface area contributed by atoms with Gasteiger partial charge in [0.1, 0.15) is 6.04 Å². The third-order valence-corrected chi connectivity index (χ3v) is 5.24. The van der Waals surface area contributed by atoms with Gasteiger partial charge in [-0.05, 0) is 24.8 Å². The van der Waals surface area contributed by atoms with Crippen molar-refractivity contribution in [3.63, 3.8) is 0 Å². The van der Waals surface area contributed by atoms with Crippen molar-refractivity contribution in [1.29, 1.82) is 0 Å². The number of amides is 2. The predicted molar refractivity (Wildman–Crippen MR) is 113 cm³/mol. The van der Waals surface area contributed by atoms with Gasteiger partial charge in [0.05, 0.1) is 27.6 Å². The van der Waals surface area contributed by atoms with Gasteiger partial charge < -0.3 is 15.7 Å². The van der Waals surface area contributed by atoms with Gasteiger partial charge in [-0.3, -0.25) is 29.8 Å². The number of aliphatic hydroxyl groups is 1. The largest absolute Gasteiger partial charge is 0.393 e. The molecule has 0 radical (unpaired) electrons. The molecule has 2 aromatic rings. The second kappa shape index (κ2) is 9.96. The Morgan fingerprint density at radius 2 is 1.66 bits per heavy atom. The first-order valence-corrected chi connectivity index (χ1v) is 10.00. The number of nitrogens with one attached hydrogen (secondary N) is 2. The van der Waals surface area contributed by atoms with E-state index in [1.807, 2.05) is 0 Å². The lowest BCUT2D eigenvalue weighted by atomic mass is 10.0. The van der Waals surface area contributed by atoms with Gasteiger partial charge in [0, 0.05) is 24.6 Å². The minimum atomic E-state index is -1.03. The molecule has 11 nitrogen and oxygen atoms in total. The minimum Gasteiger partial charge on any atom is -0.393 e. The van der Waals surface area contributed by atoms with Crippen LogP contribution in [0.4, 0.5) is 11.4 Å². The lowest BCUT2D eigenvalue weighted by Gasteiger charge is -2.21. The summed E-state index contributed by atoms with van der Waals surface area (Å²) in [7, 11) is 0. The Morgan fingerprint density at radius 1 is 1.03 bits per heavy atom. The van der Waals surface area contributed by atoms with Crippen molar-refractivity contribution in [3.8, 4) is 0 Å². The molecule has 1 fully saturated rings.